The van der Waals surface area contributed by atoms with Crippen LogP contribution in [-0.2, 0) is 22.8 Å². The summed E-state index contributed by atoms with van der Waals surface area (Å²) in [7, 11) is 0. The van der Waals surface area contributed by atoms with Crippen molar-refractivity contribution in [3.63, 3.8) is 0 Å². The zero-order valence-corrected chi connectivity index (χ0v) is 15.1. The van der Waals surface area contributed by atoms with Gasteiger partial charge in [0.25, 0.3) is 5.91 Å². The van der Waals surface area contributed by atoms with E-state index in [4.69, 9.17) is 9.52 Å². The van der Waals surface area contributed by atoms with Crippen molar-refractivity contribution >= 4 is 11.9 Å². The maximum atomic E-state index is 12.7. The van der Waals surface area contributed by atoms with E-state index < -0.39 is 35.5 Å². The molecule has 1 heterocycles. The molecule has 0 unspecified atom stereocenters. The number of nitrogens with one attached hydrogen (secondary N) is 1. The Labute approximate surface area is 154 Å². The molecule has 0 bridgehead atoms. The van der Waals surface area contributed by atoms with Crippen LogP contribution in [0.5, 0.6) is 0 Å². The van der Waals surface area contributed by atoms with Crippen molar-refractivity contribution in [3.05, 3.63) is 58.5 Å². The summed E-state index contributed by atoms with van der Waals surface area (Å²) in [6, 6.07) is 4.77. The Morgan fingerprint density at radius 3 is 2.19 bits per heavy atom. The van der Waals surface area contributed by atoms with E-state index in [2.05, 4.69) is 5.32 Å². The number of benzene rings is 1. The SMILES string of the molecule is Cc1coc(CC(=O)O)c1C(=O)NCC(C)(C)c1ccc(C(F)(F)F)cc1. The molecule has 146 valence electrons. The molecule has 0 aliphatic carbocycles. The van der Waals surface area contributed by atoms with Crippen LogP contribution in [-0.4, -0.2) is 23.5 Å². The molecule has 0 saturated heterocycles. The van der Waals surface area contributed by atoms with E-state index in [1.54, 1.807) is 20.8 Å². The van der Waals surface area contributed by atoms with Gasteiger partial charge in [0.1, 0.15) is 12.2 Å². The van der Waals surface area contributed by atoms with Crippen LogP contribution in [0.1, 0.15) is 46.7 Å². The van der Waals surface area contributed by atoms with E-state index in [0.29, 0.717) is 11.1 Å². The molecule has 5 nitrogen and oxygen atoms in total. The third-order valence-corrected chi connectivity index (χ3v) is 4.27. The molecule has 0 fully saturated rings. The van der Waals surface area contributed by atoms with Crippen LogP contribution in [0.2, 0.25) is 0 Å². The van der Waals surface area contributed by atoms with Crippen LogP contribution in [0, 0.1) is 6.92 Å². The summed E-state index contributed by atoms with van der Waals surface area (Å²) in [6.45, 7) is 5.35. The van der Waals surface area contributed by atoms with Crippen LogP contribution in [0.15, 0.2) is 34.9 Å². The highest BCUT2D eigenvalue weighted by atomic mass is 19.4. The Kier molecular flexibility index (Phi) is 5.67. The molecule has 0 spiro atoms. The van der Waals surface area contributed by atoms with Crippen LogP contribution in [0.25, 0.3) is 0 Å². The molecule has 0 atom stereocenters. The number of carboxylic acids is 1. The summed E-state index contributed by atoms with van der Waals surface area (Å²) < 4.78 is 43.2. The average molecular weight is 383 g/mol. The van der Waals surface area contributed by atoms with Crippen molar-refractivity contribution in [2.24, 2.45) is 0 Å². The lowest BCUT2D eigenvalue weighted by atomic mass is 9.84. The summed E-state index contributed by atoms with van der Waals surface area (Å²) in [6.07, 6.45) is -3.51. The fourth-order valence-corrected chi connectivity index (χ4v) is 2.67. The van der Waals surface area contributed by atoms with Gasteiger partial charge in [-0.15, -0.1) is 0 Å². The van der Waals surface area contributed by atoms with E-state index in [9.17, 15) is 22.8 Å². The molecule has 0 saturated carbocycles. The number of hydrogen-bond acceptors (Lipinski definition) is 3. The standard InChI is InChI=1S/C19H20F3NO4/c1-11-9-27-14(8-15(24)25)16(11)17(26)23-10-18(2,3)12-4-6-13(7-5-12)19(20,21)22/h4-7,9H,8,10H2,1-3H3,(H,23,26)(H,24,25). The second-order valence-electron chi connectivity index (χ2n) is 6.93. The Balaban J connectivity index is 2.12. The summed E-state index contributed by atoms with van der Waals surface area (Å²) in [5.74, 6) is -1.55. The lowest BCUT2D eigenvalue weighted by Gasteiger charge is -2.26. The number of amides is 1. The molecule has 27 heavy (non-hydrogen) atoms. The molecule has 1 aromatic carbocycles. The van der Waals surface area contributed by atoms with Gasteiger partial charge in [0.05, 0.1) is 17.4 Å². The fraction of sp³-hybridized carbons (Fsp3) is 0.368. The second kappa shape index (κ2) is 7.46. The van der Waals surface area contributed by atoms with Gasteiger partial charge in [-0.2, -0.15) is 13.2 Å². The molecule has 8 heteroatoms. The first kappa shape index (κ1) is 20.5. The molecule has 1 amide bonds. The Bertz CT molecular complexity index is 836. The Hall–Kier alpha value is -2.77. The number of aryl methyl sites for hydroxylation is 1. The first-order valence-corrected chi connectivity index (χ1v) is 8.16. The highest BCUT2D eigenvalue weighted by molar-refractivity contribution is 5.97. The summed E-state index contributed by atoms with van der Waals surface area (Å²) >= 11 is 0. The molecule has 0 aliphatic rings. The Morgan fingerprint density at radius 1 is 1.11 bits per heavy atom. The van der Waals surface area contributed by atoms with E-state index in [-0.39, 0.29) is 17.9 Å². The fourth-order valence-electron chi connectivity index (χ4n) is 2.67. The number of hydrogen-bond donors (Lipinski definition) is 2. The van der Waals surface area contributed by atoms with Gasteiger partial charge in [-0.3, -0.25) is 9.59 Å². The van der Waals surface area contributed by atoms with Crippen molar-refractivity contribution in [2.75, 3.05) is 6.54 Å². The molecule has 2 N–H and O–H groups in total. The van der Waals surface area contributed by atoms with E-state index in [1.165, 1.54) is 18.4 Å². The monoisotopic (exact) mass is 383 g/mol. The first-order chi connectivity index (χ1) is 12.4. The van der Waals surface area contributed by atoms with Gasteiger partial charge in [-0.1, -0.05) is 26.0 Å². The highest BCUT2D eigenvalue weighted by Crippen LogP contribution is 2.31. The van der Waals surface area contributed by atoms with Gasteiger partial charge in [0.15, 0.2) is 0 Å². The lowest BCUT2D eigenvalue weighted by Crippen LogP contribution is -2.37. The molecular formula is C19H20F3NO4. The normalized spacial score (nSPS) is 12.1. The minimum atomic E-state index is -4.41. The van der Waals surface area contributed by atoms with Crippen LogP contribution in [0.3, 0.4) is 0 Å². The minimum absolute atomic E-state index is 0.0600. The van der Waals surface area contributed by atoms with Crippen LogP contribution < -0.4 is 5.32 Å². The van der Waals surface area contributed by atoms with Crippen LogP contribution in [0.4, 0.5) is 13.2 Å². The number of halogens is 3. The van der Waals surface area contributed by atoms with Crippen molar-refractivity contribution in [1.82, 2.24) is 5.32 Å². The van der Waals surface area contributed by atoms with Crippen molar-refractivity contribution in [2.45, 2.75) is 38.8 Å². The predicted octanol–water partition coefficient (Wildman–Crippen LogP) is 3.94. The molecule has 2 rings (SSSR count). The molecule has 1 aromatic heterocycles. The zero-order valence-electron chi connectivity index (χ0n) is 15.1. The summed E-state index contributed by atoms with van der Waals surface area (Å²) in [5.41, 5.74) is -0.0645. The number of aliphatic carboxylic acids is 1. The molecule has 2 aromatic rings. The number of carbonyl (C=O) groups is 2. The van der Waals surface area contributed by atoms with Gasteiger partial charge in [0.2, 0.25) is 0 Å². The van der Waals surface area contributed by atoms with Gasteiger partial charge in [-0.05, 0) is 24.6 Å². The number of alkyl halides is 3. The van der Waals surface area contributed by atoms with Gasteiger partial charge in [-0.25, -0.2) is 0 Å². The third kappa shape index (κ3) is 4.90. The van der Waals surface area contributed by atoms with E-state index in [0.717, 1.165) is 12.1 Å². The van der Waals surface area contributed by atoms with Gasteiger partial charge >= 0.3 is 12.1 Å². The average Bonchev–Trinajstić information content (AvgIpc) is 2.92. The van der Waals surface area contributed by atoms with Gasteiger partial charge in [0, 0.05) is 17.5 Å². The highest BCUT2D eigenvalue weighted by Gasteiger charge is 2.31. The van der Waals surface area contributed by atoms with Crippen molar-refractivity contribution in [1.29, 1.82) is 0 Å². The van der Waals surface area contributed by atoms with E-state index in [1.807, 2.05) is 0 Å². The summed E-state index contributed by atoms with van der Waals surface area (Å²) in [4.78, 5) is 23.4. The molecule has 0 aliphatic heterocycles. The quantitative estimate of drug-likeness (QED) is 0.792. The number of rotatable bonds is 6. The molecule has 0 radical (unpaired) electrons. The van der Waals surface area contributed by atoms with Gasteiger partial charge < -0.3 is 14.8 Å². The third-order valence-electron chi connectivity index (χ3n) is 4.27. The Morgan fingerprint density at radius 2 is 1.67 bits per heavy atom. The summed E-state index contributed by atoms with van der Waals surface area (Å²) in [5, 5.41) is 11.6. The van der Waals surface area contributed by atoms with Crippen molar-refractivity contribution in [3.8, 4) is 0 Å². The van der Waals surface area contributed by atoms with Crippen LogP contribution >= 0.6 is 0 Å². The predicted molar refractivity (Wildman–Crippen MR) is 91.6 cm³/mol. The maximum Gasteiger partial charge on any atom is 0.416 e. The van der Waals surface area contributed by atoms with Crippen molar-refractivity contribution < 1.29 is 32.3 Å². The maximum absolute atomic E-state index is 12.7. The largest absolute Gasteiger partial charge is 0.481 e. The smallest absolute Gasteiger partial charge is 0.416 e. The lowest BCUT2D eigenvalue weighted by molar-refractivity contribution is -0.138. The molecular weight excluding hydrogens is 363 g/mol. The topological polar surface area (TPSA) is 79.5 Å². The zero-order chi connectivity index (χ0) is 20.4. The first-order valence-electron chi connectivity index (χ1n) is 8.16. The number of carboxylic acid groups (broad SMARTS) is 1. The number of furan rings is 1. The number of carbonyl (C=O) groups excluding carboxylic acids is 1. The second-order valence-corrected chi connectivity index (χ2v) is 6.93. The van der Waals surface area contributed by atoms with E-state index >= 15 is 0 Å². The minimum Gasteiger partial charge on any atom is -0.481 e.